The van der Waals surface area contributed by atoms with E-state index in [0.717, 1.165) is 41.7 Å². The van der Waals surface area contributed by atoms with Crippen molar-refractivity contribution in [2.75, 3.05) is 0 Å². The molecule has 4 heteroatoms. The second-order valence-corrected chi connectivity index (χ2v) is 5.82. The molecule has 0 aliphatic heterocycles. The summed E-state index contributed by atoms with van der Waals surface area (Å²) in [5.74, 6) is -3.77. The molecule has 0 saturated heterocycles. The van der Waals surface area contributed by atoms with Crippen LogP contribution < -0.4 is 0 Å². The molecule has 0 aliphatic rings. The van der Waals surface area contributed by atoms with Gasteiger partial charge in [0.2, 0.25) is 0 Å². The fourth-order valence-corrected chi connectivity index (χ4v) is 3.01. The van der Waals surface area contributed by atoms with Crippen LogP contribution in [0.1, 0.15) is 40.9 Å². The third-order valence-electron chi connectivity index (χ3n) is 3.57. The molecule has 0 N–H and O–H groups in total. The van der Waals surface area contributed by atoms with Crippen LogP contribution in [0, 0.1) is 17.5 Å². The normalized spacial score (nSPS) is 12.5. The van der Waals surface area contributed by atoms with Gasteiger partial charge in [0.05, 0.1) is 4.83 Å². The van der Waals surface area contributed by atoms with Crippen molar-refractivity contribution in [1.82, 2.24) is 0 Å². The lowest BCUT2D eigenvalue weighted by Crippen LogP contribution is -2.02. The standard InChI is InChI=1S/C17H16BrF3/c1-3-10-5-6-11(4-2)13(7-10)16(18)12-8-14(19)17(21)15(20)9-12/h5-9,16H,3-4H2,1-2H3. The first kappa shape index (κ1) is 16.1. The van der Waals surface area contributed by atoms with E-state index in [4.69, 9.17) is 0 Å². The molecule has 0 fully saturated rings. The van der Waals surface area contributed by atoms with Crippen molar-refractivity contribution < 1.29 is 13.2 Å². The van der Waals surface area contributed by atoms with Crippen molar-refractivity contribution >= 4 is 15.9 Å². The van der Waals surface area contributed by atoms with E-state index >= 15 is 0 Å². The summed E-state index contributed by atoms with van der Waals surface area (Å²) < 4.78 is 39.9. The van der Waals surface area contributed by atoms with Crippen molar-refractivity contribution in [3.8, 4) is 0 Å². The van der Waals surface area contributed by atoms with Crippen molar-refractivity contribution in [2.45, 2.75) is 31.5 Å². The van der Waals surface area contributed by atoms with Gasteiger partial charge in [0, 0.05) is 0 Å². The molecule has 1 unspecified atom stereocenters. The minimum absolute atomic E-state index is 0.370. The van der Waals surface area contributed by atoms with E-state index < -0.39 is 17.5 Å². The summed E-state index contributed by atoms with van der Waals surface area (Å²) in [7, 11) is 0. The first-order valence-corrected chi connectivity index (χ1v) is 7.79. The molecule has 0 heterocycles. The van der Waals surface area contributed by atoms with Gasteiger partial charge in [-0.3, -0.25) is 0 Å². The van der Waals surface area contributed by atoms with Gasteiger partial charge in [-0.15, -0.1) is 0 Å². The minimum Gasteiger partial charge on any atom is -0.204 e. The molecule has 0 nitrogen and oxygen atoms in total. The van der Waals surface area contributed by atoms with Crippen molar-refractivity contribution in [2.24, 2.45) is 0 Å². The molecule has 2 aromatic carbocycles. The molecular formula is C17H16BrF3. The number of hydrogen-bond acceptors (Lipinski definition) is 0. The fraction of sp³-hybridized carbons (Fsp3) is 0.294. The van der Waals surface area contributed by atoms with Crippen LogP contribution in [0.2, 0.25) is 0 Å². The Morgan fingerprint density at radius 1 is 0.952 bits per heavy atom. The van der Waals surface area contributed by atoms with Crippen molar-refractivity contribution in [3.63, 3.8) is 0 Å². The molecule has 1 atom stereocenters. The third kappa shape index (κ3) is 3.31. The number of alkyl halides is 1. The maximum atomic E-state index is 13.4. The van der Waals surface area contributed by atoms with Gasteiger partial charge in [0.25, 0.3) is 0 Å². The number of aryl methyl sites for hydroxylation is 2. The molecule has 0 radical (unpaired) electrons. The Kier molecular flexibility index (Phi) is 5.09. The van der Waals surface area contributed by atoms with E-state index in [-0.39, 0.29) is 4.83 Å². The van der Waals surface area contributed by atoms with Gasteiger partial charge in [-0.2, -0.15) is 0 Å². The lowest BCUT2D eigenvalue weighted by Gasteiger charge is -2.17. The molecule has 21 heavy (non-hydrogen) atoms. The lowest BCUT2D eigenvalue weighted by molar-refractivity contribution is 0.445. The highest BCUT2D eigenvalue weighted by atomic mass is 79.9. The number of hydrogen-bond donors (Lipinski definition) is 0. The molecule has 2 rings (SSSR count). The Morgan fingerprint density at radius 2 is 1.57 bits per heavy atom. The molecule has 0 aromatic heterocycles. The summed E-state index contributed by atoms with van der Waals surface area (Å²) in [5, 5.41) is 0. The highest BCUT2D eigenvalue weighted by Crippen LogP contribution is 2.35. The summed E-state index contributed by atoms with van der Waals surface area (Å²) >= 11 is 3.49. The zero-order chi connectivity index (χ0) is 15.6. The first-order valence-electron chi connectivity index (χ1n) is 6.88. The Morgan fingerprint density at radius 3 is 2.10 bits per heavy atom. The van der Waals surface area contributed by atoms with Crippen molar-refractivity contribution in [1.29, 1.82) is 0 Å². The van der Waals surface area contributed by atoms with E-state index in [0.29, 0.717) is 5.56 Å². The van der Waals surface area contributed by atoms with Gasteiger partial charge in [-0.1, -0.05) is 48.0 Å². The van der Waals surface area contributed by atoms with Gasteiger partial charge in [0.1, 0.15) is 0 Å². The van der Waals surface area contributed by atoms with Gasteiger partial charge in [-0.25, -0.2) is 13.2 Å². The lowest BCUT2D eigenvalue weighted by atomic mass is 9.95. The Labute approximate surface area is 131 Å². The molecule has 0 aliphatic carbocycles. The second-order valence-electron chi connectivity index (χ2n) is 4.90. The Hall–Kier alpha value is -1.29. The number of benzene rings is 2. The quantitative estimate of drug-likeness (QED) is 0.485. The summed E-state index contributed by atoms with van der Waals surface area (Å²) in [5.41, 5.74) is 3.57. The smallest absolute Gasteiger partial charge is 0.194 e. The van der Waals surface area contributed by atoms with Gasteiger partial charge in [-0.05, 0) is 47.2 Å². The molecule has 2 aromatic rings. The maximum absolute atomic E-state index is 13.4. The Balaban J connectivity index is 2.51. The zero-order valence-electron chi connectivity index (χ0n) is 11.9. The second kappa shape index (κ2) is 6.65. The summed E-state index contributed by atoms with van der Waals surface area (Å²) in [4.78, 5) is -0.372. The molecule has 112 valence electrons. The predicted molar refractivity (Wildman–Crippen MR) is 82.3 cm³/mol. The number of rotatable bonds is 4. The van der Waals surface area contributed by atoms with Crippen LogP contribution in [0.3, 0.4) is 0 Å². The molecule has 0 bridgehead atoms. The van der Waals surface area contributed by atoms with E-state index in [1.165, 1.54) is 0 Å². The van der Waals surface area contributed by atoms with Crippen LogP contribution >= 0.6 is 15.9 Å². The third-order valence-corrected chi connectivity index (χ3v) is 4.59. The summed E-state index contributed by atoms with van der Waals surface area (Å²) in [6.45, 7) is 4.07. The van der Waals surface area contributed by atoms with Crippen LogP contribution in [0.5, 0.6) is 0 Å². The molecule has 0 amide bonds. The van der Waals surface area contributed by atoms with Crippen LogP contribution in [-0.2, 0) is 12.8 Å². The highest BCUT2D eigenvalue weighted by molar-refractivity contribution is 9.09. The summed E-state index contributed by atoms with van der Waals surface area (Å²) in [6.07, 6.45) is 1.69. The topological polar surface area (TPSA) is 0 Å². The fourth-order valence-electron chi connectivity index (χ4n) is 2.32. The predicted octanol–water partition coefficient (Wildman–Crippen LogP) is 5.71. The largest absolute Gasteiger partial charge is 0.204 e. The van der Waals surface area contributed by atoms with E-state index in [2.05, 4.69) is 15.9 Å². The van der Waals surface area contributed by atoms with Crippen LogP contribution in [0.4, 0.5) is 13.2 Å². The van der Waals surface area contributed by atoms with Crippen LogP contribution in [-0.4, -0.2) is 0 Å². The Bertz CT molecular complexity index is 629. The highest BCUT2D eigenvalue weighted by Gasteiger charge is 2.19. The average Bonchev–Trinajstić information content (AvgIpc) is 2.50. The van der Waals surface area contributed by atoms with Crippen LogP contribution in [0.15, 0.2) is 30.3 Å². The zero-order valence-corrected chi connectivity index (χ0v) is 13.5. The van der Waals surface area contributed by atoms with Gasteiger partial charge >= 0.3 is 0 Å². The van der Waals surface area contributed by atoms with Crippen LogP contribution in [0.25, 0.3) is 0 Å². The minimum atomic E-state index is -1.43. The van der Waals surface area contributed by atoms with E-state index in [9.17, 15) is 13.2 Å². The first-order chi connectivity index (χ1) is 9.97. The molecule has 0 saturated carbocycles. The molecule has 0 spiro atoms. The van der Waals surface area contributed by atoms with Gasteiger partial charge in [0.15, 0.2) is 17.5 Å². The number of halogens is 4. The SMILES string of the molecule is CCc1ccc(CC)c(C(Br)c2cc(F)c(F)c(F)c2)c1. The molecular weight excluding hydrogens is 341 g/mol. The van der Waals surface area contributed by atoms with Gasteiger partial charge < -0.3 is 0 Å². The van der Waals surface area contributed by atoms with E-state index in [1.54, 1.807) is 0 Å². The average molecular weight is 357 g/mol. The van der Waals surface area contributed by atoms with Crippen molar-refractivity contribution in [3.05, 3.63) is 70.0 Å². The maximum Gasteiger partial charge on any atom is 0.194 e. The van der Waals surface area contributed by atoms with E-state index in [1.807, 2.05) is 32.0 Å². The summed E-state index contributed by atoms with van der Waals surface area (Å²) in [6, 6.07) is 8.18. The monoisotopic (exact) mass is 356 g/mol.